The minimum absolute atomic E-state index is 0.0476. The molecule has 0 spiro atoms. The van der Waals surface area contributed by atoms with Crippen molar-refractivity contribution in [3.8, 4) is 17.2 Å². The van der Waals surface area contributed by atoms with Gasteiger partial charge in [0, 0.05) is 18.1 Å². The molecule has 2 fully saturated rings. The highest BCUT2D eigenvalue weighted by molar-refractivity contribution is 6.30. The molecule has 1 aliphatic carbocycles. The molecule has 2 aromatic carbocycles. The smallest absolute Gasteiger partial charge is 0.257 e. The van der Waals surface area contributed by atoms with Gasteiger partial charge in [0.1, 0.15) is 25.1 Å². The van der Waals surface area contributed by atoms with Crippen molar-refractivity contribution < 1.29 is 24.1 Å². The van der Waals surface area contributed by atoms with Crippen molar-refractivity contribution >= 4 is 17.5 Å². The molecule has 1 amide bonds. The van der Waals surface area contributed by atoms with Gasteiger partial charge < -0.3 is 24.2 Å². The number of nitrogens with zero attached hydrogens (tertiary/aromatic N) is 1. The van der Waals surface area contributed by atoms with Crippen LogP contribution in [0.4, 0.5) is 0 Å². The monoisotopic (exact) mass is 429 g/mol. The van der Waals surface area contributed by atoms with Crippen LogP contribution < -0.4 is 14.2 Å². The molecule has 0 radical (unpaired) electrons. The van der Waals surface area contributed by atoms with Gasteiger partial charge in [-0.25, -0.2) is 0 Å². The number of benzene rings is 2. The van der Waals surface area contributed by atoms with Crippen LogP contribution in [0, 0.1) is 11.8 Å². The molecule has 2 aromatic rings. The highest BCUT2D eigenvalue weighted by Crippen LogP contribution is 2.40. The van der Waals surface area contributed by atoms with Gasteiger partial charge in [-0.3, -0.25) is 4.79 Å². The number of hydrogen-bond acceptors (Lipinski definition) is 5. The highest BCUT2D eigenvalue weighted by atomic mass is 35.5. The molecular formula is C23H24ClNO5. The van der Waals surface area contributed by atoms with E-state index >= 15 is 0 Å². The van der Waals surface area contributed by atoms with E-state index in [1.807, 2.05) is 29.2 Å². The van der Waals surface area contributed by atoms with Crippen LogP contribution in [0.2, 0.25) is 5.02 Å². The first-order chi connectivity index (χ1) is 14.6. The molecule has 1 saturated heterocycles. The number of para-hydroxylation sites is 1. The maximum Gasteiger partial charge on any atom is 0.257 e. The SMILES string of the molecule is O=C(c1cccc2c1OCCO2)N1C[C@H]2C[C@@H](Oc3cccc(Cl)c3)[C@H](O)C[C@H]2C1. The molecule has 7 heteroatoms. The van der Waals surface area contributed by atoms with Gasteiger partial charge in [-0.15, -0.1) is 0 Å². The normalized spacial score (nSPS) is 27.5. The van der Waals surface area contributed by atoms with Crippen molar-refractivity contribution in [2.24, 2.45) is 11.8 Å². The molecule has 158 valence electrons. The summed E-state index contributed by atoms with van der Waals surface area (Å²) < 4.78 is 17.4. The second-order valence-electron chi connectivity index (χ2n) is 8.21. The molecular weight excluding hydrogens is 406 g/mol. The highest BCUT2D eigenvalue weighted by Gasteiger charge is 2.44. The van der Waals surface area contributed by atoms with Gasteiger partial charge in [0.2, 0.25) is 0 Å². The Balaban J connectivity index is 1.29. The number of rotatable bonds is 3. The standard InChI is InChI=1S/C23H24ClNO5/c24-16-3-1-4-17(11-16)30-21-10-15-13-25(12-14(15)9-19(21)26)23(27)18-5-2-6-20-22(18)29-8-7-28-20/h1-6,11,14-15,19,21,26H,7-10,12-13H2/t14-,15+,19+,21+/m0/s1. The Morgan fingerprint density at radius 2 is 1.83 bits per heavy atom. The van der Waals surface area contributed by atoms with Crippen molar-refractivity contribution in [2.75, 3.05) is 26.3 Å². The lowest BCUT2D eigenvalue weighted by Crippen LogP contribution is -2.42. The van der Waals surface area contributed by atoms with E-state index in [9.17, 15) is 9.90 Å². The minimum atomic E-state index is -0.568. The number of carbonyl (C=O) groups is 1. The first kappa shape index (κ1) is 19.5. The Bertz CT molecular complexity index is 951. The molecule has 3 aliphatic rings. The van der Waals surface area contributed by atoms with Gasteiger partial charge in [0.05, 0.1) is 11.7 Å². The Kier molecular flexibility index (Phi) is 5.21. The summed E-state index contributed by atoms with van der Waals surface area (Å²) in [6, 6.07) is 12.7. The van der Waals surface area contributed by atoms with E-state index in [2.05, 4.69) is 0 Å². The van der Waals surface area contributed by atoms with Crippen LogP contribution in [0.15, 0.2) is 42.5 Å². The number of aliphatic hydroxyl groups is 1. The van der Waals surface area contributed by atoms with Crippen molar-refractivity contribution in [1.29, 1.82) is 0 Å². The summed E-state index contributed by atoms with van der Waals surface area (Å²) in [5.41, 5.74) is 0.540. The van der Waals surface area contributed by atoms with E-state index < -0.39 is 6.10 Å². The largest absolute Gasteiger partial charge is 0.488 e. The number of halogens is 1. The summed E-state index contributed by atoms with van der Waals surface area (Å²) in [5.74, 6) is 2.32. The van der Waals surface area contributed by atoms with Crippen LogP contribution in [0.3, 0.4) is 0 Å². The van der Waals surface area contributed by atoms with Gasteiger partial charge in [-0.05, 0) is 55.0 Å². The summed E-state index contributed by atoms with van der Waals surface area (Å²) >= 11 is 6.04. The number of ether oxygens (including phenoxy) is 3. The summed E-state index contributed by atoms with van der Waals surface area (Å²) in [5, 5.41) is 11.3. The molecule has 0 aromatic heterocycles. The Morgan fingerprint density at radius 3 is 2.67 bits per heavy atom. The van der Waals surface area contributed by atoms with Crippen LogP contribution in [0.25, 0.3) is 0 Å². The quantitative estimate of drug-likeness (QED) is 0.809. The summed E-state index contributed by atoms with van der Waals surface area (Å²) in [7, 11) is 0. The summed E-state index contributed by atoms with van der Waals surface area (Å²) in [6.45, 7) is 2.22. The maximum absolute atomic E-state index is 13.2. The Hall–Kier alpha value is -2.44. The topological polar surface area (TPSA) is 68.2 Å². The van der Waals surface area contributed by atoms with E-state index in [-0.39, 0.29) is 17.9 Å². The van der Waals surface area contributed by atoms with Crippen LogP contribution in [0.5, 0.6) is 17.2 Å². The lowest BCUT2D eigenvalue weighted by Gasteiger charge is -2.35. The Morgan fingerprint density at radius 1 is 1.07 bits per heavy atom. The van der Waals surface area contributed by atoms with Crippen LogP contribution in [-0.2, 0) is 0 Å². The summed E-state index contributed by atoms with van der Waals surface area (Å²) in [4.78, 5) is 15.1. The molecule has 1 N–H and O–H groups in total. The fourth-order valence-corrected chi connectivity index (χ4v) is 4.99. The number of likely N-dealkylation sites (tertiary alicyclic amines) is 1. The molecule has 0 unspecified atom stereocenters. The van der Waals surface area contributed by atoms with Crippen LogP contribution in [-0.4, -0.2) is 54.4 Å². The van der Waals surface area contributed by atoms with E-state index in [0.29, 0.717) is 72.9 Å². The van der Waals surface area contributed by atoms with Gasteiger partial charge >= 0.3 is 0 Å². The molecule has 1 saturated carbocycles. The molecule has 2 aliphatic heterocycles. The minimum Gasteiger partial charge on any atom is -0.488 e. The second kappa shape index (κ2) is 8.00. The van der Waals surface area contributed by atoms with Crippen LogP contribution >= 0.6 is 11.6 Å². The van der Waals surface area contributed by atoms with E-state index in [4.69, 9.17) is 25.8 Å². The molecule has 6 nitrogen and oxygen atoms in total. The number of hydrogen-bond donors (Lipinski definition) is 1. The van der Waals surface area contributed by atoms with E-state index in [1.165, 1.54) is 0 Å². The molecule has 5 rings (SSSR count). The lowest BCUT2D eigenvalue weighted by molar-refractivity contribution is -0.0231. The number of fused-ring (bicyclic) bond motifs is 2. The molecule has 4 atom stereocenters. The third-order valence-corrected chi connectivity index (χ3v) is 6.49. The summed E-state index contributed by atoms with van der Waals surface area (Å²) in [6.07, 6.45) is 0.448. The number of aliphatic hydroxyl groups excluding tert-OH is 1. The van der Waals surface area contributed by atoms with Gasteiger partial charge in [0.15, 0.2) is 11.5 Å². The third kappa shape index (κ3) is 3.70. The molecule has 2 heterocycles. The fraction of sp³-hybridized carbons (Fsp3) is 0.435. The zero-order valence-electron chi connectivity index (χ0n) is 16.5. The third-order valence-electron chi connectivity index (χ3n) is 6.25. The molecule has 0 bridgehead atoms. The van der Waals surface area contributed by atoms with Crippen molar-refractivity contribution in [2.45, 2.75) is 25.0 Å². The average molecular weight is 430 g/mol. The second-order valence-corrected chi connectivity index (χ2v) is 8.65. The fourth-order valence-electron chi connectivity index (χ4n) is 4.81. The van der Waals surface area contributed by atoms with Crippen molar-refractivity contribution in [3.05, 3.63) is 53.1 Å². The van der Waals surface area contributed by atoms with Gasteiger partial charge in [-0.2, -0.15) is 0 Å². The van der Waals surface area contributed by atoms with Gasteiger partial charge in [-0.1, -0.05) is 23.7 Å². The zero-order valence-corrected chi connectivity index (χ0v) is 17.3. The van der Waals surface area contributed by atoms with Crippen LogP contribution in [0.1, 0.15) is 23.2 Å². The first-order valence-corrected chi connectivity index (χ1v) is 10.7. The number of amides is 1. The first-order valence-electron chi connectivity index (χ1n) is 10.4. The lowest BCUT2D eigenvalue weighted by atomic mass is 9.78. The molecule has 30 heavy (non-hydrogen) atoms. The maximum atomic E-state index is 13.2. The van der Waals surface area contributed by atoms with E-state index in [0.717, 1.165) is 0 Å². The predicted molar refractivity (Wildman–Crippen MR) is 111 cm³/mol. The van der Waals surface area contributed by atoms with E-state index in [1.54, 1.807) is 18.2 Å². The average Bonchev–Trinajstić information content (AvgIpc) is 3.16. The predicted octanol–water partition coefficient (Wildman–Crippen LogP) is 3.40. The van der Waals surface area contributed by atoms with Crippen molar-refractivity contribution in [3.63, 3.8) is 0 Å². The number of carbonyl (C=O) groups excluding carboxylic acids is 1. The zero-order chi connectivity index (χ0) is 20.7. The Labute approximate surface area is 180 Å². The van der Waals surface area contributed by atoms with Gasteiger partial charge in [0.25, 0.3) is 5.91 Å². The van der Waals surface area contributed by atoms with Crippen molar-refractivity contribution in [1.82, 2.24) is 4.90 Å².